The van der Waals surface area contributed by atoms with Gasteiger partial charge in [-0.15, -0.1) is 21.5 Å². The van der Waals surface area contributed by atoms with Gasteiger partial charge in [-0.25, -0.2) is 0 Å². The molecule has 27 heavy (non-hydrogen) atoms. The first-order valence-corrected chi connectivity index (χ1v) is 10.5. The number of aryl methyl sites for hydroxylation is 2. The van der Waals surface area contributed by atoms with Crippen molar-refractivity contribution in [1.82, 2.24) is 14.8 Å². The van der Waals surface area contributed by atoms with Crippen molar-refractivity contribution >= 4 is 34.5 Å². The van der Waals surface area contributed by atoms with E-state index in [4.69, 9.17) is 11.6 Å². The predicted octanol–water partition coefficient (Wildman–Crippen LogP) is 4.96. The molecule has 0 bridgehead atoms. The van der Waals surface area contributed by atoms with Gasteiger partial charge in [-0.1, -0.05) is 24.1 Å². The number of hydrogen-bond acceptors (Lipinski definition) is 4. The minimum Gasteiger partial charge on any atom is -0.326 e. The van der Waals surface area contributed by atoms with E-state index >= 15 is 0 Å². The number of benzene rings is 1. The highest BCUT2D eigenvalue weighted by Gasteiger charge is 2.18. The molecule has 0 atom stereocenters. The Morgan fingerprint density at radius 2 is 2.15 bits per heavy atom. The van der Waals surface area contributed by atoms with E-state index < -0.39 is 0 Å². The number of nitrogens with one attached hydrogen (secondary N) is 1. The number of carbonyl (C=O) groups is 1. The molecule has 3 aromatic rings. The van der Waals surface area contributed by atoms with Crippen molar-refractivity contribution in [3.05, 3.63) is 51.4 Å². The Morgan fingerprint density at radius 3 is 3.00 bits per heavy atom. The lowest BCUT2D eigenvalue weighted by atomic mass is 10.1. The fourth-order valence-electron chi connectivity index (χ4n) is 3.37. The van der Waals surface area contributed by atoms with Crippen molar-refractivity contribution in [2.24, 2.45) is 0 Å². The van der Waals surface area contributed by atoms with E-state index in [1.54, 1.807) is 11.3 Å². The number of rotatable bonds is 5. The minimum absolute atomic E-state index is 0.00301. The third kappa shape index (κ3) is 4.22. The summed E-state index contributed by atoms with van der Waals surface area (Å²) in [6.45, 7) is 0.908. The summed E-state index contributed by atoms with van der Waals surface area (Å²) in [5.74, 6) is 1.80. The fourth-order valence-corrected chi connectivity index (χ4v) is 4.28. The van der Waals surface area contributed by atoms with Crippen LogP contribution >= 0.6 is 22.9 Å². The van der Waals surface area contributed by atoms with Crippen molar-refractivity contribution < 1.29 is 4.79 Å². The average Bonchev–Trinajstić information content (AvgIpc) is 3.27. The van der Waals surface area contributed by atoms with Crippen LogP contribution in [0.1, 0.15) is 36.4 Å². The van der Waals surface area contributed by atoms with Crippen LogP contribution in [0.3, 0.4) is 0 Å². The molecule has 2 aromatic heterocycles. The number of carbonyl (C=O) groups excluding carboxylic acids is 1. The highest BCUT2D eigenvalue weighted by molar-refractivity contribution is 7.09. The summed E-state index contributed by atoms with van der Waals surface area (Å²) in [6.07, 6.45) is 5.63. The third-order valence-electron chi connectivity index (χ3n) is 4.78. The first kappa shape index (κ1) is 18.2. The third-order valence-corrected chi connectivity index (χ3v) is 6.04. The van der Waals surface area contributed by atoms with Crippen LogP contribution in [0, 0.1) is 0 Å². The van der Waals surface area contributed by atoms with Crippen molar-refractivity contribution in [3.63, 3.8) is 0 Å². The molecule has 1 aromatic carbocycles. The van der Waals surface area contributed by atoms with Crippen LogP contribution in [-0.4, -0.2) is 20.7 Å². The van der Waals surface area contributed by atoms with Gasteiger partial charge in [-0.2, -0.15) is 0 Å². The topological polar surface area (TPSA) is 59.8 Å². The van der Waals surface area contributed by atoms with E-state index in [1.165, 1.54) is 11.3 Å². The molecule has 0 unspecified atom stereocenters. The standard InChI is InChI=1S/C20H21ClN4OS/c21-17-9-7-14(22-19(26)10-8-15-5-4-12-27-15)13-16(17)20-24-23-18-6-2-1-3-11-25(18)20/h4-5,7,9,12-13H,1-3,6,8,10-11H2,(H,22,26). The molecule has 0 aliphatic carbocycles. The molecule has 1 aliphatic heterocycles. The molecule has 4 rings (SSSR count). The minimum atomic E-state index is -0.00301. The molecule has 1 N–H and O–H groups in total. The zero-order valence-corrected chi connectivity index (χ0v) is 16.5. The molecule has 7 heteroatoms. The SMILES string of the molecule is O=C(CCc1cccs1)Nc1ccc(Cl)c(-c2nnc3n2CCCCC3)c1. The number of halogens is 1. The number of amides is 1. The van der Waals surface area contributed by atoms with E-state index in [1.807, 2.05) is 29.6 Å². The molecule has 0 spiro atoms. The van der Waals surface area contributed by atoms with Crippen LogP contribution in [0.15, 0.2) is 35.7 Å². The zero-order chi connectivity index (χ0) is 18.6. The van der Waals surface area contributed by atoms with E-state index in [-0.39, 0.29) is 5.91 Å². The van der Waals surface area contributed by atoms with Crippen molar-refractivity contribution in [2.45, 2.75) is 45.1 Å². The first-order chi connectivity index (χ1) is 13.2. The van der Waals surface area contributed by atoms with Crippen LogP contribution in [0.2, 0.25) is 5.02 Å². The lowest BCUT2D eigenvalue weighted by Gasteiger charge is -2.11. The summed E-state index contributed by atoms with van der Waals surface area (Å²) in [5.41, 5.74) is 1.55. The average molecular weight is 401 g/mol. The van der Waals surface area contributed by atoms with E-state index in [2.05, 4.69) is 26.1 Å². The number of fused-ring (bicyclic) bond motifs is 1. The Morgan fingerprint density at radius 1 is 1.22 bits per heavy atom. The van der Waals surface area contributed by atoms with Crippen LogP contribution < -0.4 is 5.32 Å². The van der Waals surface area contributed by atoms with E-state index in [9.17, 15) is 4.79 Å². The van der Waals surface area contributed by atoms with E-state index in [0.717, 1.165) is 55.1 Å². The summed E-state index contributed by atoms with van der Waals surface area (Å²) in [4.78, 5) is 13.5. The van der Waals surface area contributed by atoms with Crippen molar-refractivity contribution in [2.75, 3.05) is 5.32 Å². The smallest absolute Gasteiger partial charge is 0.224 e. The zero-order valence-electron chi connectivity index (χ0n) is 14.9. The van der Waals surface area contributed by atoms with Crippen LogP contribution in [0.5, 0.6) is 0 Å². The molecule has 0 saturated heterocycles. The van der Waals surface area contributed by atoms with E-state index in [0.29, 0.717) is 11.4 Å². The van der Waals surface area contributed by atoms with Crippen molar-refractivity contribution in [1.29, 1.82) is 0 Å². The molecule has 0 saturated carbocycles. The monoisotopic (exact) mass is 400 g/mol. The number of aromatic nitrogens is 3. The maximum absolute atomic E-state index is 12.3. The highest BCUT2D eigenvalue weighted by Crippen LogP contribution is 2.31. The summed E-state index contributed by atoms with van der Waals surface area (Å²) in [6, 6.07) is 9.59. The number of hydrogen-bond donors (Lipinski definition) is 1. The second-order valence-corrected chi connectivity index (χ2v) is 8.16. The maximum Gasteiger partial charge on any atom is 0.224 e. The van der Waals surface area contributed by atoms with Gasteiger partial charge >= 0.3 is 0 Å². The molecular formula is C20H21ClN4OS. The molecule has 5 nitrogen and oxygen atoms in total. The Balaban J connectivity index is 1.52. The first-order valence-electron chi connectivity index (χ1n) is 9.25. The van der Waals surface area contributed by atoms with Gasteiger partial charge in [0.25, 0.3) is 0 Å². The van der Waals surface area contributed by atoms with Gasteiger partial charge < -0.3 is 9.88 Å². The van der Waals surface area contributed by atoms with Crippen LogP contribution in [-0.2, 0) is 24.2 Å². The number of nitrogens with zero attached hydrogens (tertiary/aromatic N) is 3. The summed E-state index contributed by atoms with van der Waals surface area (Å²) < 4.78 is 2.16. The van der Waals surface area contributed by atoms with Gasteiger partial charge in [-0.05, 0) is 48.9 Å². The fraction of sp³-hybridized carbons (Fsp3) is 0.350. The van der Waals surface area contributed by atoms with Gasteiger partial charge in [0, 0.05) is 35.5 Å². The Kier molecular flexibility index (Phi) is 5.55. The van der Waals surface area contributed by atoms with Gasteiger partial charge in [0.05, 0.1) is 5.02 Å². The Bertz CT molecular complexity index is 936. The second-order valence-electron chi connectivity index (χ2n) is 6.72. The quantitative estimate of drug-likeness (QED) is 0.658. The molecule has 140 valence electrons. The number of anilines is 1. The Labute approximate surface area is 167 Å². The molecule has 0 radical (unpaired) electrons. The molecule has 3 heterocycles. The maximum atomic E-state index is 12.3. The molecule has 1 amide bonds. The van der Waals surface area contributed by atoms with Gasteiger partial charge in [0.1, 0.15) is 5.82 Å². The summed E-state index contributed by atoms with van der Waals surface area (Å²) in [7, 11) is 0. The molecule has 0 fully saturated rings. The Hall–Kier alpha value is -2.18. The normalized spacial score (nSPS) is 13.8. The molecular weight excluding hydrogens is 380 g/mol. The summed E-state index contributed by atoms with van der Waals surface area (Å²) in [5, 5.41) is 14.3. The molecule has 1 aliphatic rings. The lowest BCUT2D eigenvalue weighted by molar-refractivity contribution is -0.116. The van der Waals surface area contributed by atoms with Crippen LogP contribution in [0.4, 0.5) is 5.69 Å². The second kappa shape index (κ2) is 8.23. The van der Waals surface area contributed by atoms with Gasteiger partial charge in [-0.3, -0.25) is 4.79 Å². The lowest BCUT2D eigenvalue weighted by Crippen LogP contribution is -2.12. The largest absolute Gasteiger partial charge is 0.326 e. The summed E-state index contributed by atoms with van der Waals surface area (Å²) >= 11 is 8.12. The van der Waals surface area contributed by atoms with Gasteiger partial charge in [0.15, 0.2) is 5.82 Å². The van der Waals surface area contributed by atoms with Crippen LogP contribution in [0.25, 0.3) is 11.4 Å². The van der Waals surface area contributed by atoms with Gasteiger partial charge in [0.2, 0.25) is 5.91 Å². The highest BCUT2D eigenvalue weighted by atomic mass is 35.5. The number of thiophene rings is 1. The predicted molar refractivity (Wildman–Crippen MR) is 109 cm³/mol. The van der Waals surface area contributed by atoms with Crippen molar-refractivity contribution in [3.8, 4) is 11.4 Å².